The van der Waals surface area contributed by atoms with Gasteiger partial charge in [-0.15, -0.1) is 0 Å². The Morgan fingerprint density at radius 1 is 0.571 bits per heavy atom. The van der Waals surface area contributed by atoms with Crippen molar-refractivity contribution in [3.05, 3.63) is 83.9 Å². The lowest BCUT2D eigenvalue weighted by atomic mass is 9.98. The molecule has 4 aromatic carbocycles. The molecule has 4 aromatic rings. The highest BCUT2D eigenvalue weighted by Gasteiger charge is 2.07. The van der Waals surface area contributed by atoms with Crippen molar-refractivity contribution in [2.45, 2.75) is 0 Å². The lowest BCUT2D eigenvalue weighted by molar-refractivity contribution is 1.67. The summed E-state index contributed by atoms with van der Waals surface area (Å²) < 4.78 is 0. The van der Waals surface area contributed by atoms with Crippen molar-refractivity contribution in [2.24, 2.45) is 0 Å². The Morgan fingerprint density at radius 2 is 1.24 bits per heavy atom. The molecule has 0 heterocycles. The summed E-state index contributed by atoms with van der Waals surface area (Å²) >= 11 is 6.63. The molecule has 0 N–H and O–H groups in total. The highest BCUT2D eigenvalue weighted by Crippen LogP contribution is 2.35. The summed E-state index contributed by atoms with van der Waals surface area (Å²) in [6.45, 7) is 0. The Labute approximate surface area is 128 Å². The lowest BCUT2D eigenvalue weighted by Crippen LogP contribution is -1.83. The standard InChI is InChI=1S/C20H13Cl/c21-20-18-8-4-3-6-15(18)11-12-19(20)17-10-9-14-5-1-2-7-16(14)13-17/h1-13H. The number of hydrogen-bond donors (Lipinski definition) is 0. The molecule has 0 saturated carbocycles. The fourth-order valence-electron chi connectivity index (χ4n) is 2.81. The summed E-state index contributed by atoms with van der Waals surface area (Å²) in [7, 11) is 0. The lowest BCUT2D eigenvalue weighted by Gasteiger charge is -2.09. The van der Waals surface area contributed by atoms with Gasteiger partial charge in [0.05, 0.1) is 5.02 Å². The number of fused-ring (bicyclic) bond motifs is 2. The first-order valence-corrected chi connectivity index (χ1v) is 7.37. The first-order chi connectivity index (χ1) is 10.3. The molecular weight excluding hydrogens is 276 g/mol. The summed E-state index contributed by atoms with van der Waals surface area (Å²) in [5, 5.41) is 5.58. The van der Waals surface area contributed by atoms with Crippen molar-refractivity contribution in [3.63, 3.8) is 0 Å². The minimum absolute atomic E-state index is 0.823. The molecule has 0 unspecified atom stereocenters. The van der Waals surface area contributed by atoms with Gasteiger partial charge in [0.2, 0.25) is 0 Å². The monoisotopic (exact) mass is 288 g/mol. The third-order valence-electron chi connectivity index (χ3n) is 3.92. The van der Waals surface area contributed by atoms with E-state index in [2.05, 4.69) is 66.7 Å². The summed E-state index contributed by atoms with van der Waals surface area (Å²) in [4.78, 5) is 0. The van der Waals surface area contributed by atoms with Crippen molar-refractivity contribution in [1.29, 1.82) is 0 Å². The maximum atomic E-state index is 6.63. The van der Waals surface area contributed by atoms with Crippen molar-refractivity contribution in [3.8, 4) is 11.1 Å². The van der Waals surface area contributed by atoms with Crippen LogP contribution in [0.1, 0.15) is 0 Å². The second kappa shape index (κ2) is 4.91. The number of halogens is 1. The van der Waals surface area contributed by atoms with E-state index in [-0.39, 0.29) is 0 Å². The number of rotatable bonds is 1. The molecule has 0 aliphatic carbocycles. The van der Waals surface area contributed by atoms with Gasteiger partial charge in [-0.25, -0.2) is 0 Å². The van der Waals surface area contributed by atoms with Crippen LogP contribution in [0.3, 0.4) is 0 Å². The van der Waals surface area contributed by atoms with E-state index in [9.17, 15) is 0 Å². The van der Waals surface area contributed by atoms with Gasteiger partial charge in [-0.05, 0) is 27.8 Å². The normalized spacial score (nSPS) is 11.1. The maximum absolute atomic E-state index is 6.63. The Morgan fingerprint density at radius 3 is 2.10 bits per heavy atom. The summed E-state index contributed by atoms with van der Waals surface area (Å²) in [5.74, 6) is 0. The van der Waals surface area contributed by atoms with E-state index in [1.807, 2.05) is 12.1 Å². The van der Waals surface area contributed by atoms with Crippen LogP contribution < -0.4 is 0 Å². The predicted molar refractivity (Wildman–Crippen MR) is 91.9 cm³/mol. The van der Waals surface area contributed by atoms with Crippen molar-refractivity contribution >= 4 is 33.1 Å². The third kappa shape index (κ3) is 2.09. The molecule has 0 aromatic heterocycles. The second-order valence-electron chi connectivity index (χ2n) is 5.21. The Hall–Kier alpha value is -2.31. The van der Waals surface area contributed by atoms with Gasteiger partial charge in [0, 0.05) is 10.9 Å². The summed E-state index contributed by atoms with van der Waals surface area (Å²) in [6, 6.07) is 27.3. The van der Waals surface area contributed by atoms with Crippen LogP contribution in [0, 0.1) is 0 Å². The molecule has 0 spiro atoms. The third-order valence-corrected chi connectivity index (χ3v) is 4.33. The van der Waals surface area contributed by atoms with Crippen LogP contribution in [0.4, 0.5) is 0 Å². The SMILES string of the molecule is Clc1c(-c2ccc3ccccc3c2)ccc2ccccc12. The van der Waals surface area contributed by atoms with Gasteiger partial charge in [-0.1, -0.05) is 84.4 Å². The second-order valence-corrected chi connectivity index (χ2v) is 5.59. The zero-order valence-corrected chi connectivity index (χ0v) is 12.1. The molecule has 0 radical (unpaired) electrons. The zero-order chi connectivity index (χ0) is 14.2. The van der Waals surface area contributed by atoms with Gasteiger partial charge in [0.1, 0.15) is 0 Å². The van der Waals surface area contributed by atoms with Crippen LogP contribution in [0.5, 0.6) is 0 Å². The summed E-state index contributed by atoms with van der Waals surface area (Å²) in [6.07, 6.45) is 0. The average molecular weight is 289 g/mol. The molecule has 0 atom stereocenters. The van der Waals surface area contributed by atoms with Crippen LogP contribution >= 0.6 is 11.6 Å². The van der Waals surface area contributed by atoms with Crippen molar-refractivity contribution in [2.75, 3.05) is 0 Å². The Bertz CT molecular complexity index is 954. The van der Waals surface area contributed by atoms with Crippen LogP contribution in [0.25, 0.3) is 32.7 Å². The molecule has 1 heteroatoms. The summed E-state index contributed by atoms with van der Waals surface area (Å²) in [5.41, 5.74) is 2.24. The smallest absolute Gasteiger partial charge is 0.0562 e. The number of hydrogen-bond acceptors (Lipinski definition) is 0. The molecule has 0 amide bonds. The molecule has 21 heavy (non-hydrogen) atoms. The molecule has 0 nitrogen and oxygen atoms in total. The van der Waals surface area contributed by atoms with Crippen LogP contribution in [-0.2, 0) is 0 Å². The molecule has 0 aliphatic rings. The molecule has 0 fully saturated rings. The van der Waals surface area contributed by atoms with E-state index in [0.717, 1.165) is 21.5 Å². The van der Waals surface area contributed by atoms with Crippen molar-refractivity contribution < 1.29 is 0 Å². The van der Waals surface area contributed by atoms with Gasteiger partial charge in [0.25, 0.3) is 0 Å². The van der Waals surface area contributed by atoms with E-state index in [0.29, 0.717) is 0 Å². The Kier molecular flexibility index (Phi) is 2.90. The van der Waals surface area contributed by atoms with E-state index < -0.39 is 0 Å². The molecule has 0 saturated heterocycles. The predicted octanol–water partition coefficient (Wildman–Crippen LogP) is 6.31. The van der Waals surface area contributed by atoms with E-state index >= 15 is 0 Å². The fourth-order valence-corrected chi connectivity index (χ4v) is 3.16. The van der Waals surface area contributed by atoms with E-state index in [1.165, 1.54) is 16.2 Å². The molecule has 0 aliphatic heterocycles. The molecule has 100 valence electrons. The van der Waals surface area contributed by atoms with Gasteiger partial charge in [0.15, 0.2) is 0 Å². The maximum Gasteiger partial charge on any atom is 0.0562 e. The van der Waals surface area contributed by atoms with Gasteiger partial charge in [-0.2, -0.15) is 0 Å². The highest BCUT2D eigenvalue weighted by molar-refractivity contribution is 6.38. The highest BCUT2D eigenvalue weighted by atomic mass is 35.5. The van der Waals surface area contributed by atoms with Crippen LogP contribution in [0.15, 0.2) is 78.9 Å². The van der Waals surface area contributed by atoms with Gasteiger partial charge < -0.3 is 0 Å². The van der Waals surface area contributed by atoms with Gasteiger partial charge in [-0.3, -0.25) is 0 Å². The van der Waals surface area contributed by atoms with Crippen molar-refractivity contribution in [1.82, 2.24) is 0 Å². The average Bonchev–Trinajstić information content (AvgIpc) is 2.55. The van der Waals surface area contributed by atoms with Crippen LogP contribution in [-0.4, -0.2) is 0 Å². The van der Waals surface area contributed by atoms with E-state index in [4.69, 9.17) is 11.6 Å². The minimum Gasteiger partial charge on any atom is -0.0830 e. The van der Waals surface area contributed by atoms with Crippen LogP contribution in [0.2, 0.25) is 5.02 Å². The minimum atomic E-state index is 0.823. The first-order valence-electron chi connectivity index (χ1n) is 6.99. The van der Waals surface area contributed by atoms with Gasteiger partial charge >= 0.3 is 0 Å². The quantitative estimate of drug-likeness (QED) is 0.385. The first kappa shape index (κ1) is 12.4. The Balaban J connectivity index is 1.97. The zero-order valence-electron chi connectivity index (χ0n) is 11.4. The fraction of sp³-hybridized carbons (Fsp3) is 0. The molecule has 4 rings (SSSR count). The number of benzene rings is 4. The molecular formula is C20H13Cl. The topological polar surface area (TPSA) is 0 Å². The molecule has 0 bridgehead atoms. The van der Waals surface area contributed by atoms with E-state index in [1.54, 1.807) is 0 Å². The largest absolute Gasteiger partial charge is 0.0830 e.